The summed E-state index contributed by atoms with van der Waals surface area (Å²) in [5.41, 5.74) is 0. The molecule has 2 atom stereocenters. The molecular formula is C21H36F6I2. The Hall–Kier alpha value is 1.04. The first-order valence-electron chi connectivity index (χ1n) is 10.8. The fourth-order valence-corrected chi connectivity index (χ4v) is 5.21. The van der Waals surface area contributed by atoms with Crippen molar-refractivity contribution in [2.45, 2.75) is 129 Å². The second-order valence-corrected chi connectivity index (χ2v) is 11.5. The van der Waals surface area contributed by atoms with Gasteiger partial charge in [0.2, 0.25) is 0 Å². The zero-order valence-electron chi connectivity index (χ0n) is 17.6. The number of alkyl halides is 8. The van der Waals surface area contributed by atoms with Crippen molar-refractivity contribution >= 4 is 45.2 Å². The number of hydrogen-bond acceptors (Lipinski definition) is 0. The summed E-state index contributed by atoms with van der Waals surface area (Å²) >= 11 is 3.38. The smallest absolute Gasteiger partial charge is 0.200 e. The van der Waals surface area contributed by atoms with Crippen molar-refractivity contribution in [3.8, 4) is 0 Å². The first-order valence-corrected chi connectivity index (χ1v) is 13.3. The molecule has 0 aliphatic rings. The predicted molar refractivity (Wildman–Crippen MR) is 126 cm³/mol. The first-order chi connectivity index (χ1) is 13.4. The Labute approximate surface area is 200 Å². The highest BCUT2D eigenvalue weighted by Gasteiger charge is 2.71. The Balaban J connectivity index is 4.63. The molecular weight excluding hydrogens is 620 g/mol. The van der Waals surface area contributed by atoms with Crippen LogP contribution in [0.5, 0.6) is 0 Å². The molecule has 0 aliphatic carbocycles. The van der Waals surface area contributed by atoms with Crippen LogP contribution in [0, 0.1) is 0 Å². The lowest BCUT2D eigenvalue weighted by Gasteiger charge is -2.34. The maximum Gasteiger partial charge on any atom is 0.371 e. The molecule has 0 aliphatic heterocycles. The zero-order chi connectivity index (χ0) is 22.6. The van der Waals surface area contributed by atoms with E-state index in [1.54, 1.807) is 45.2 Å². The molecule has 29 heavy (non-hydrogen) atoms. The second-order valence-electron chi connectivity index (χ2n) is 7.99. The molecule has 0 aromatic rings. The highest BCUT2D eigenvalue weighted by Crippen LogP contribution is 2.51. The summed E-state index contributed by atoms with van der Waals surface area (Å²) in [5, 5.41) is 0. The van der Waals surface area contributed by atoms with Crippen LogP contribution in [0.4, 0.5) is 26.3 Å². The van der Waals surface area contributed by atoms with E-state index >= 15 is 0 Å². The lowest BCUT2D eigenvalue weighted by Crippen LogP contribution is -2.55. The van der Waals surface area contributed by atoms with Crippen LogP contribution in [0.1, 0.15) is 104 Å². The molecule has 8 heteroatoms. The SMILES string of the molecule is CCCCCCCC(I)CC(F)(F)C(F)(F)C(F)(F)CC(I)CCCCCCC. The monoisotopic (exact) mass is 656 g/mol. The lowest BCUT2D eigenvalue weighted by atomic mass is 9.94. The van der Waals surface area contributed by atoms with Crippen LogP contribution in [0.25, 0.3) is 0 Å². The standard InChI is InChI=1S/C21H36F6I2/c1-3-5-7-9-11-13-17(28)15-19(22,23)21(26,27)20(24,25)16-18(29)14-12-10-8-6-4-2/h17-18H,3-16H2,1-2H3. The van der Waals surface area contributed by atoms with Gasteiger partial charge < -0.3 is 0 Å². The third-order valence-electron chi connectivity index (χ3n) is 5.12. The quantitative estimate of drug-likeness (QED) is 0.0597. The third-order valence-corrected chi connectivity index (χ3v) is 7.24. The van der Waals surface area contributed by atoms with Gasteiger partial charge in [0.15, 0.2) is 0 Å². The van der Waals surface area contributed by atoms with Gasteiger partial charge in [-0.15, -0.1) is 0 Å². The van der Waals surface area contributed by atoms with Crippen molar-refractivity contribution in [2.24, 2.45) is 0 Å². The summed E-state index contributed by atoms with van der Waals surface area (Å²) in [6.07, 6.45) is 7.37. The molecule has 0 fully saturated rings. The Kier molecular flexibility index (Phi) is 15.5. The molecule has 0 aromatic carbocycles. The maximum atomic E-state index is 14.2. The van der Waals surface area contributed by atoms with Gasteiger partial charge in [0.05, 0.1) is 0 Å². The van der Waals surface area contributed by atoms with Crippen molar-refractivity contribution in [1.29, 1.82) is 0 Å². The molecule has 0 saturated carbocycles. The fraction of sp³-hybridized carbons (Fsp3) is 1.00. The van der Waals surface area contributed by atoms with E-state index in [0.717, 1.165) is 51.4 Å². The molecule has 0 amide bonds. The summed E-state index contributed by atoms with van der Waals surface area (Å²) in [4.78, 5) is 0. The molecule has 0 heterocycles. The van der Waals surface area contributed by atoms with Crippen molar-refractivity contribution in [3.05, 3.63) is 0 Å². The molecule has 176 valence electrons. The largest absolute Gasteiger partial charge is 0.371 e. The van der Waals surface area contributed by atoms with Gasteiger partial charge in [-0.2, -0.15) is 26.3 Å². The third kappa shape index (κ3) is 11.5. The Morgan fingerprint density at radius 3 is 1.17 bits per heavy atom. The van der Waals surface area contributed by atoms with Crippen molar-refractivity contribution in [1.82, 2.24) is 0 Å². The predicted octanol–water partition coefficient (Wildman–Crippen LogP) is 10.0. The van der Waals surface area contributed by atoms with Crippen LogP contribution in [0.15, 0.2) is 0 Å². The molecule has 0 N–H and O–H groups in total. The zero-order valence-corrected chi connectivity index (χ0v) is 21.9. The fourth-order valence-electron chi connectivity index (χ4n) is 3.22. The Morgan fingerprint density at radius 2 is 0.862 bits per heavy atom. The minimum atomic E-state index is -5.34. The van der Waals surface area contributed by atoms with E-state index in [2.05, 4.69) is 13.8 Å². The molecule has 0 aromatic heterocycles. The first kappa shape index (κ1) is 30.0. The number of unbranched alkanes of at least 4 members (excludes halogenated alkanes) is 8. The normalized spacial score (nSPS) is 15.5. The van der Waals surface area contributed by atoms with Crippen LogP contribution >= 0.6 is 45.2 Å². The van der Waals surface area contributed by atoms with Crippen LogP contribution in [0.3, 0.4) is 0 Å². The van der Waals surface area contributed by atoms with Crippen LogP contribution < -0.4 is 0 Å². The van der Waals surface area contributed by atoms with E-state index < -0.39 is 38.5 Å². The van der Waals surface area contributed by atoms with E-state index in [0.29, 0.717) is 25.7 Å². The topological polar surface area (TPSA) is 0 Å². The average molecular weight is 656 g/mol. The molecule has 0 saturated heterocycles. The molecule has 0 radical (unpaired) electrons. The molecule has 0 bridgehead atoms. The van der Waals surface area contributed by atoms with Gasteiger partial charge in [0.25, 0.3) is 0 Å². The van der Waals surface area contributed by atoms with Crippen molar-refractivity contribution in [3.63, 3.8) is 0 Å². The minimum Gasteiger partial charge on any atom is -0.200 e. The van der Waals surface area contributed by atoms with Gasteiger partial charge in [0, 0.05) is 20.7 Å². The number of hydrogen-bond donors (Lipinski definition) is 0. The summed E-state index contributed by atoms with van der Waals surface area (Å²) in [5.74, 6) is -14.8. The van der Waals surface area contributed by atoms with E-state index in [-0.39, 0.29) is 0 Å². The van der Waals surface area contributed by atoms with E-state index in [1.165, 1.54) is 0 Å². The highest BCUT2D eigenvalue weighted by atomic mass is 127. The highest BCUT2D eigenvalue weighted by molar-refractivity contribution is 14.1. The van der Waals surface area contributed by atoms with Gasteiger partial charge >= 0.3 is 17.8 Å². The van der Waals surface area contributed by atoms with Crippen LogP contribution in [-0.4, -0.2) is 25.6 Å². The van der Waals surface area contributed by atoms with Gasteiger partial charge in [-0.25, -0.2) is 0 Å². The maximum absolute atomic E-state index is 14.2. The average Bonchev–Trinajstić information content (AvgIpc) is 2.60. The summed E-state index contributed by atoms with van der Waals surface area (Å²) in [6.45, 7) is 4.10. The van der Waals surface area contributed by atoms with E-state index in [1.807, 2.05) is 0 Å². The second kappa shape index (κ2) is 15.0. The molecule has 2 unspecified atom stereocenters. The van der Waals surface area contributed by atoms with Crippen LogP contribution in [0.2, 0.25) is 0 Å². The van der Waals surface area contributed by atoms with Crippen molar-refractivity contribution in [2.75, 3.05) is 0 Å². The lowest BCUT2D eigenvalue weighted by molar-refractivity contribution is -0.311. The van der Waals surface area contributed by atoms with Crippen LogP contribution in [-0.2, 0) is 0 Å². The molecule has 0 spiro atoms. The summed E-state index contributed by atoms with van der Waals surface area (Å²) < 4.78 is 83.6. The van der Waals surface area contributed by atoms with Gasteiger partial charge in [-0.05, 0) is 12.8 Å². The molecule has 0 nitrogen and oxygen atoms in total. The Morgan fingerprint density at radius 1 is 0.552 bits per heavy atom. The molecule has 0 rings (SSSR count). The number of halogens is 8. The number of rotatable bonds is 18. The minimum absolute atomic E-state index is 0.341. The Bertz CT molecular complexity index is 382. The van der Waals surface area contributed by atoms with E-state index in [4.69, 9.17) is 0 Å². The summed E-state index contributed by atoms with van der Waals surface area (Å²) in [7, 11) is 0. The van der Waals surface area contributed by atoms with Gasteiger partial charge in [0.1, 0.15) is 0 Å². The van der Waals surface area contributed by atoms with Gasteiger partial charge in [-0.1, -0.05) is 123 Å². The van der Waals surface area contributed by atoms with Gasteiger partial charge in [-0.3, -0.25) is 0 Å². The van der Waals surface area contributed by atoms with Crippen molar-refractivity contribution < 1.29 is 26.3 Å². The summed E-state index contributed by atoms with van der Waals surface area (Å²) in [6, 6.07) is 0. The van der Waals surface area contributed by atoms with E-state index in [9.17, 15) is 26.3 Å².